The third kappa shape index (κ3) is 4.73. The summed E-state index contributed by atoms with van der Waals surface area (Å²) in [5.41, 5.74) is 0.478. The molecule has 0 radical (unpaired) electrons. The Morgan fingerprint density at radius 2 is 2.04 bits per heavy atom. The summed E-state index contributed by atoms with van der Waals surface area (Å²) < 4.78 is 11.1. The number of carbonyl (C=O) groups is 2. The molecule has 0 N–H and O–H groups in total. The van der Waals surface area contributed by atoms with Gasteiger partial charge in [0.25, 0.3) is 0 Å². The molecule has 2 amide bonds. The summed E-state index contributed by atoms with van der Waals surface area (Å²) in [6.07, 6.45) is 1.65. The van der Waals surface area contributed by atoms with Crippen molar-refractivity contribution in [3.05, 3.63) is 29.8 Å². The molecule has 6 heteroatoms. The van der Waals surface area contributed by atoms with Gasteiger partial charge in [-0.25, -0.2) is 4.79 Å². The van der Waals surface area contributed by atoms with Crippen LogP contribution in [0.3, 0.4) is 0 Å². The van der Waals surface area contributed by atoms with Gasteiger partial charge in [-0.2, -0.15) is 0 Å². The van der Waals surface area contributed by atoms with Gasteiger partial charge in [-0.15, -0.1) is 0 Å². The van der Waals surface area contributed by atoms with Crippen LogP contribution in [0, 0.1) is 5.92 Å². The van der Waals surface area contributed by atoms with Gasteiger partial charge in [0.05, 0.1) is 0 Å². The average Bonchev–Trinajstić information content (AvgIpc) is 3.04. The zero-order valence-corrected chi connectivity index (χ0v) is 16.7. The number of benzene rings is 1. The highest BCUT2D eigenvalue weighted by atomic mass is 16.6. The van der Waals surface area contributed by atoms with Crippen LogP contribution in [0.2, 0.25) is 0 Å². The minimum atomic E-state index is -0.504. The van der Waals surface area contributed by atoms with Crippen LogP contribution in [-0.2, 0) is 9.53 Å². The molecule has 1 fully saturated rings. The second kappa shape index (κ2) is 7.79. The number of hydrogen-bond donors (Lipinski definition) is 0. The highest BCUT2D eigenvalue weighted by Gasteiger charge is 2.35. The predicted molar refractivity (Wildman–Crippen MR) is 103 cm³/mol. The minimum absolute atomic E-state index is 0.129. The van der Waals surface area contributed by atoms with E-state index in [2.05, 4.69) is 0 Å². The molecule has 0 aliphatic carbocycles. The Labute approximate surface area is 161 Å². The van der Waals surface area contributed by atoms with Gasteiger partial charge in [0.1, 0.15) is 23.9 Å². The first-order valence-electron chi connectivity index (χ1n) is 9.69. The lowest BCUT2D eigenvalue weighted by Crippen LogP contribution is -2.46. The number of carbonyl (C=O) groups excluding carboxylic acids is 2. The van der Waals surface area contributed by atoms with E-state index in [-0.39, 0.29) is 23.8 Å². The van der Waals surface area contributed by atoms with Crippen molar-refractivity contribution in [2.24, 2.45) is 5.92 Å². The van der Waals surface area contributed by atoms with Crippen LogP contribution in [0.5, 0.6) is 5.75 Å². The third-order valence-electron chi connectivity index (χ3n) is 5.07. The first-order valence-corrected chi connectivity index (χ1v) is 9.69. The number of para-hydroxylation sites is 1. The molecule has 2 aliphatic heterocycles. The molecule has 0 saturated carbocycles. The van der Waals surface area contributed by atoms with Crippen LogP contribution in [0.15, 0.2) is 24.3 Å². The van der Waals surface area contributed by atoms with E-state index in [0.29, 0.717) is 19.7 Å². The Kier molecular flexibility index (Phi) is 5.63. The van der Waals surface area contributed by atoms with Gasteiger partial charge in [0.15, 0.2) is 0 Å². The van der Waals surface area contributed by atoms with E-state index in [0.717, 1.165) is 30.7 Å². The summed E-state index contributed by atoms with van der Waals surface area (Å²) in [5, 5.41) is 0. The van der Waals surface area contributed by atoms with Crippen molar-refractivity contribution < 1.29 is 19.1 Å². The topological polar surface area (TPSA) is 59.1 Å². The maximum absolute atomic E-state index is 13.1. The number of piperidine rings is 1. The molecule has 27 heavy (non-hydrogen) atoms. The lowest BCUT2D eigenvalue weighted by molar-refractivity contribution is -0.135. The second-order valence-electron chi connectivity index (χ2n) is 8.55. The summed E-state index contributed by atoms with van der Waals surface area (Å²) in [6, 6.07) is 7.76. The molecule has 2 aliphatic rings. The number of likely N-dealkylation sites (tertiary alicyclic amines) is 1. The van der Waals surface area contributed by atoms with Crippen LogP contribution in [-0.4, -0.2) is 60.7 Å². The average molecular weight is 374 g/mol. The Morgan fingerprint density at radius 3 is 2.78 bits per heavy atom. The van der Waals surface area contributed by atoms with Crippen molar-refractivity contribution in [2.45, 2.75) is 45.1 Å². The predicted octanol–water partition coefficient (Wildman–Crippen LogP) is 3.27. The number of rotatable bonds is 3. The van der Waals surface area contributed by atoms with E-state index in [1.807, 2.05) is 49.9 Å². The van der Waals surface area contributed by atoms with Crippen molar-refractivity contribution in [3.8, 4) is 5.75 Å². The fourth-order valence-electron chi connectivity index (χ4n) is 3.80. The smallest absolute Gasteiger partial charge is 0.410 e. The molecular weight excluding hydrogens is 344 g/mol. The van der Waals surface area contributed by atoms with Crippen LogP contribution in [0.1, 0.15) is 45.1 Å². The van der Waals surface area contributed by atoms with E-state index < -0.39 is 5.60 Å². The highest BCUT2D eigenvalue weighted by Crippen LogP contribution is 2.35. The summed E-state index contributed by atoms with van der Waals surface area (Å²) >= 11 is 0. The van der Waals surface area contributed by atoms with Gasteiger partial charge in [0, 0.05) is 32.2 Å². The lowest BCUT2D eigenvalue weighted by atomic mass is 9.94. The molecule has 2 heterocycles. The number of fused-ring (bicyclic) bond motifs is 1. The van der Waals surface area contributed by atoms with Gasteiger partial charge in [-0.1, -0.05) is 18.2 Å². The number of hydrogen-bond acceptors (Lipinski definition) is 4. The van der Waals surface area contributed by atoms with Gasteiger partial charge < -0.3 is 19.3 Å². The van der Waals surface area contributed by atoms with Gasteiger partial charge in [-0.05, 0) is 45.6 Å². The molecular formula is C21H30N2O4. The van der Waals surface area contributed by atoms with Crippen molar-refractivity contribution >= 4 is 12.0 Å². The number of amides is 2. The first-order chi connectivity index (χ1) is 12.7. The molecule has 3 rings (SSSR count). The van der Waals surface area contributed by atoms with E-state index in [9.17, 15) is 9.59 Å². The van der Waals surface area contributed by atoms with E-state index in [4.69, 9.17) is 9.47 Å². The third-order valence-corrected chi connectivity index (χ3v) is 5.07. The molecule has 1 aromatic rings. The number of ether oxygens (including phenoxy) is 2. The Hall–Kier alpha value is -2.24. The molecule has 148 valence electrons. The maximum Gasteiger partial charge on any atom is 0.410 e. The quantitative estimate of drug-likeness (QED) is 0.815. The van der Waals surface area contributed by atoms with Crippen molar-refractivity contribution in [1.82, 2.24) is 9.80 Å². The largest absolute Gasteiger partial charge is 0.492 e. The first kappa shape index (κ1) is 19.5. The van der Waals surface area contributed by atoms with Gasteiger partial charge in [0.2, 0.25) is 5.91 Å². The summed E-state index contributed by atoms with van der Waals surface area (Å²) in [5.74, 6) is 0.986. The molecule has 0 aromatic heterocycles. The fourth-order valence-corrected chi connectivity index (χ4v) is 3.80. The maximum atomic E-state index is 13.1. The van der Waals surface area contributed by atoms with Crippen LogP contribution in [0.25, 0.3) is 0 Å². The van der Waals surface area contributed by atoms with Crippen LogP contribution in [0.4, 0.5) is 4.79 Å². The Bertz CT molecular complexity index is 698. The van der Waals surface area contributed by atoms with E-state index in [1.54, 1.807) is 11.9 Å². The molecule has 0 spiro atoms. The second-order valence-corrected chi connectivity index (χ2v) is 8.55. The zero-order chi connectivity index (χ0) is 19.6. The molecule has 2 unspecified atom stereocenters. The standard InChI is InChI=1S/C21H30N2O4/c1-21(2,3)27-20(25)22(4)12-15-8-7-11-23(13-15)19(24)17-14-26-18-10-6-5-9-16(17)18/h5-6,9-10,15,17H,7-8,11-14H2,1-4H3. The van der Waals surface area contributed by atoms with Crippen LogP contribution < -0.4 is 4.74 Å². The van der Waals surface area contributed by atoms with Gasteiger partial charge in [-0.3, -0.25) is 4.79 Å². The minimum Gasteiger partial charge on any atom is -0.492 e. The van der Waals surface area contributed by atoms with Crippen LogP contribution >= 0.6 is 0 Å². The van der Waals surface area contributed by atoms with Crippen molar-refractivity contribution in [2.75, 3.05) is 33.3 Å². The van der Waals surface area contributed by atoms with Crippen molar-refractivity contribution in [1.29, 1.82) is 0 Å². The monoisotopic (exact) mass is 374 g/mol. The summed E-state index contributed by atoms with van der Waals surface area (Å²) in [6.45, 7) is 8.03. The molecule has 1 aromatic carbocycles. The molecule has 2 atom stereocenters. The Balaban J connectivity index is 1.58. The normalized spacial score (nSPS) is 22.0. The number of nitrogens with zero attached hydrogens (tertiary/aromatic N) is 2. The highest BCUT2D eigenvalue weighted by molar-refractivity contribution is 5.85. The summed E-state index contributed by atoms with van der Waals surface area (Å²) in [7, 11) is 1.76. The van der Waals surface area contributed by atoms with Gasteiger partial charge >= 0.3 is 6.09 Å². The fraction of sp³-hybridized carbons (Fsp3) is 0.619. The summed E-state index contributed by atoms with van der Waals surface area (Å²) in [4.78, 5) is 28.8. The van der Waals surface area contributed by atoms with E-state index in [1.165, 1.54) is 0 Å². The van der Waals surface area contributed by atoms with E-state index >= 15 is 0 Å². The zero-order valence-electron chi connectivity index (χ0n) is 16.7. The molecule has 1 saturated heterocycles. The lowest BCUT2D eigenvalue weighted by Gasteiger charge is -2.36. The van der Waals surface area contributed by atoms with Crippen molar-refractivity contribution in [3.63, 3.8) is 0 Å². The molecule has 0 bridgehead atoms. The molecule has 6 nitrogen and oxygen atoms in total. The Morgan fingerprint density at radius 1 is 1.30 bits per heavy atom. The SMILES string of the molecule is CN(CC1CCCN(C(=O)C2COc3ccccc32)C1)C(=O)OC(C)(C)C.